The number of halogens is 1. The number of carbonyl (C=O) groups is 1. The van der Waals surface area contributed by atoms with E-state index >= 15 is 0 Å². The number of nitrogens with one attached hydrogen (secondary N) is 1. The molecule has 4 aliphatic rings. The molecule has 4 rings (SSSR count). The van der Waals surface area contributed by atoms with Crippen LogP contribution in [-0.4, -0.2) is 15.9 Å². The highest BCUT2D eigenvalue weighted by Crippen LogP contribution is 2.55. The molecule has 0 saturated heterocycles. The Morgan fingerprint density at radius 3 is 2.00 bits per heavy atom. The van der Waals surface area contributed by atoms with Crippen molar-refractivity contribution in [2.75, 3.05) is 4.43 Å². The lowest BCUT2D eigenvalue weighted by atomic mass is 9.53. The van der Waals surface area contributed by atoms with Crippen molar-refractivity contribution in [1.82, 2.24) is 5.32 Å². The largest absolute Gasteiger partial charge is 0.350 e. The lowest BCUT2D eigenvalue weighted by Gasteiger charge is -2.56. The summed E-state index contributed by atoms with van der Waals surface area (Å²) in [6.07, 6.45) is 8.13. The van der Waals surface area contributed by atoms with Gasteiger partial charge in [0.05, 0.1) is 4.43 Å². The third-order valence-corrected chi connectivity index (χ3v) is 5.26. The minimum Gasteiger partial charge on any atom is -0.350 e. The van der Waals surface area contributed by atoms with Crippen LogP contribution in [-0.2, 0) is 4.79 Å². The molecular formula is C12H18INO. The van der Waals surface area contributed by atoms with Crippen LogP contribution in [0.5, 0.6) is 0 Å². The van der Waals surface area contributed by atoms with Gasteiger partial charge in [-0.25, -0.2) is 0 Å². The van der Waals surface area contributed by atoms with Gasteiger partial charge in [-0.3, -0.25) is 4.79 Å². The van der Waals surface area contributed by atoms with Crippen LogP contribution >= 0.6 is 22.6 Å². The Kier molecular flexibility index (Phi) is 2.49. The molecular weight excluding hydrogens is 301 g/mol. The first kappa shape index (κ1) is 10.4. The fourth-order valence-electron chi connectivity index (χ4n) is 4.59. The highest BCUT2D eigenvalue weighted by Gasteiger charge is 2.51. The zero-order chi connectivity index (χ0) is 10.5. The number of hydrogen-bond acceptors (Lipinski definition) is 1. The molecule has 1 N–H and O–H groups in total. The van der Waals surface area contributed by atoms with E-state index in [1.807, 2.05) is 0 Å². The SMILES string of the molecule is O=C(CI)NC12CC3CC(CC(C3)C1)C2. The average Bonchev–Trinajstić information content (AvgIpc) is 2.14. The third kappa shape index (κ3) is 1.81. The van der Waals surface area contributed by atoms with E-state index in [9.17, 15) is 4.79 Å². The first-order valence-corrected chi connectivity index (χ1v) is 7.59. The molecule has 0 aromatic heterocycles. The molecule has 0 aliphatic heterocycles. The molecule has 2 nitrogen and oxygen atoms in total. The van der Waals surface area contributed by atoms with Gasteiger partial charge in [-0.1, -0.05) is 22.6 Å². The van der Waals surface area contributed by atoms with Crippen molar-refractivity contribution in [3.8, 4) is 0 Å². The summed E-state index contributed by atoms with van der Waals surface area (Å²) in [5.74, 6) is 3.01. The molecule has 4 aliphatic carbocycles. The maximum Gasteiger partial charge on any atom is 0.230 e. The average molecular weight is 319 g/mol. The van der Waals surface area contributed by atoms with E-state index in [4.69, 9.17) is 0 Å². The molecule has 0 spiro atoms. The van der Waals surface area contributed by atoms with Crippen molar-refractivity contribution in [1.29, 1.82) is 0 Å². The van der Waals surface area contributed by atoms with E-state index in [0.29, 0.717) is 4.43 Å². The van der Waals surface area contributed by atoms with Crippen LogP contribution in [0.1, 0.15) is 38.5 Å². The smallest absolute Gasteiger partial charge is 0.230 e. The molecule has 0 heterocycles. The Labute approximate surface area is 105 Å². The zero-order valence-corrected chi connectivity index (χ0v) is 11.1. The molecule has 0 radical (unpaired) electrons. The summed E-state index contributed by atoms with van der Waals surface area (Å²) in [5.41, 5.74) is 0.219. The Hall–Kier alpha value is 0.200. The molecule has 84 valence electrons. The summed E-state index contributed by atoms with van der Waals surface area (Å²) < 4.78 is 0.611. The first-order valence-electron chi connectivity index (χ1n) is 6.06. The maximum atomic E-state index is 11.6. The number of amides is 1. The maximum absolute atomic E-state index is 11.6. The van der Waals surface area contributed by atoms with Crippen LogP contribution in [0.25, 0.3) is 0 Å². The molecule has 0 unspecified atom stereocenters. The standard InChI is InChI=1S/C12H18INO/c13-7-11(15)14-12-4-8-1-9(5-12)3-10(2-8)6-12/h8-10H,1-7H2,(H,14,15). The third-order valence-electron chi connectivity index (χ3n) is 4.56. The Balaban J connectivity index is 1.78. The predicted octanol–water partition coefficient (Wildman–Crippen LogP) is 2.51. The van der Waals surface area contributed by atoms with Gasteiger partial charge < -0.3 is 5.32 Å². The second-order valence-electron chi connectivity index (χ2n) is 5.88. The van der Waals surface area contributed by atoms with Gasteiger partial charge in [-0.15, -0.1) is 0 Å². The van der Waals surface area contributed by atoms with Crippen molar-refractivity contribution < 1.29 is 4.79 Å². The molecule has 0 aromatic carbocycles. The van der Waals surface area contributed by atoms with E-state index in [-0.39, 0.29) is 11.4 Å². The van der Waals surface area contributed by atoms with Crippen LogP contribution in [0, 0.1) is 17.8 Å². The van der Waals surface area contributed by atoms with Gasteiger partial charge in [0, 0.05) is 5.54 Å². The van der Waals surface area contributed by atoms with E-state index in [2.05, 4.69) is 27.9 Å². The molecule has 0 atom stereocenters. The van der Waals surface area contributed by atoms with Crippen molar-refractivity contribution in [2.45, 2.75) is 44.1 Å². The summed E-state index contributed by atoms with van der Waals surface area (Å²) in [6, 6.07) is 0. The van der Waals surface area contributed by atoms with Gasteiger partial charge >= 0.3 is 0 Å². The van der Waals surface area contributed by atoms with Crippen LogP contribution in [0.2, 0.25) is 0 Å². The Morgan fingerprint density at radius 2 is 1.60 bits per heavy atom. The lowest BCUT2D eigenvalue weighted by Crippen LogP contribution is -2.60. The second kappa shape index (κ2) is 3.60. The monoisotopic (exact) mass is 319 g/mol. The Bertz CT molecular complexity index is 254. The van der Waals surface area contributed by atoms with Gasteiger partial charge in [0.1, 0.15) is 0 Å². The number of rotatable bonds is 2. The van der Waals surface area contributed by atoms with Gasteiger partial charge in [0.2, 0.25) is 5.91 Å². The van der Waals surface area contributed by atoms with E-state index in [1.54, 1.807) is 0 Å². The molecule has 15 heavy (non-hydrogen) atoms. The highest BCUT2D eigenvalue weighted by molar-refractivity contribution is 14.1. The van der Waals surface area contributed by atoms with E-state index < -0.39 is 0 Å². The fraction of sp³-hybridized carbons (Fsp3) is 0.917. The second-order valence-corrected chi connectivity index (χ2v) is 6.64. The normalized spacial score (nSPS) is 46.9. The molecule has 3 heteroatoms. The van der Waals surface area contributed by atoms with Crippen molar-refractivity contribution in [3.63, 3.8) is 0 Å². The summed E-state index contributed by atoms with van der Waals surface area (Å²) in [4.78, 5) is 11.6. The summed E-state index contributed by atoms with van der Waals surface area (Å²) in [7, 11) is 0. The molecule has 0 aromatic rings. The molecule has 4 fully saturated rings. The van der Waals surface area contributed by atoms with Crippen LogP contribution in [0.3, 0.4) is 0 Å². The number of hydrogen-bond donors (Lipinski definition) is 1. The van der Waals surface area contributed by atoms with Crippen molar-refractivity contribution in [2.24, 2.45) is 17.8 Å². The summed E-state index contributed by atoms with van der Waals surface area (Å²) >= 11 is 2.16. The molecule has 1 amide bonds. The Morgan fingerprint density at radius 1 is 1.13 bits per heavy atom. The summed E-state index contributed by atoms with van der Waals surface area (Å²) in [6.45, 7) is 0. The van der Waals surface area contributed by atoms with E-state index in [0.717, 1.165) is 17.8 Å². The lowest BCUT2D eigenvalue weighted by molar-refractivity contribution is -0.124. The predicted molar refractivity (Wildman–Crippen MR) is 67.9 cm³/mol. The van der Waals surface area contributed by atoms with Gasteiger partial charge in [0.15, 0.2) is 0 Å². The number of carbonyl (C=O) groups excluding carboxylic acids is 1. The van der Waals surface area contributed by atoms with Crippen molar-refractivity contribution >= 4 is 28.5 Å². The van der Waals surface area contributed by atoms with Crippen LogP contribution in [0.4, 0.5) is 0 Å². The van der Waals surface area contributed by atoms with Gasteiger partial charge in [-0.05, 0) is 56.3 Å². The zero-order valence-electron chi connectivity index (χ0n) is 8.97. The quantitative estimate of drug-likeness (QED) is 0.615. The van der Waals surface area contributed by atoms with Gasteiger partial charge in [0.25, 0.3) is 0 Å². The molecule has 4 saturated carbocycles. The number of alkyl halides is 1. The molecule has 4 bridgehead atoms. The first-order chi connectivity index (χ1) is 7.19. The summed E-state index contributed by atoms with van der Waals surface area (Å²) in [5, 5.41) is 3.33. The van der Waals surface area contributed by atoms with Crippen LogP contribution in [0.15, 0.2) is 0 Å². The van der Waals surface area contributed by atoms with Crippen LogP contribution < -0.4 is 5.32 Å². The minimum atomic E-state index is 0.219. The van der Waals surface area contributed by atoms with Crippen molar-refractivity contribution in [3.05, 3.63) is 0 Å². The van der Waals surface area contributed by atoms with Gasteiger partial charge in [-0.2, -0.15) is 0 Å². The highest BCUT2D eigenvalue weighted by atomic mass is 127. The van der Waals surface area contributed by atoms with E-state index in [1.165, 1.54) is 38.5 Å². The fourth-order valence-corrected chi connectivity index (χ4v) is 4.78. The topological polar surface area (TPSA) is 29.1 Å². The minimum absolute atomic E-state index is 0.219.